The smallest absolute Gasteiger partial charge is 0.359 e. The number of aromatic nitrogens is 5. The zero-order chi connectivity index (χ0) is 19.1. The molecule has 8 nitrogen and oxygen atoms in total. The number of hydrogen-bond acceptors (Lipinski definition) is 5. The van der Waals surface area contributed by atoms with Gasteiger partial charge in [-0.05, 0) is 31.2 Å². The molecule has 0 spiro atoms. The molecule has 0 fully saturated rings. The average Bonchev–Trinajstić information content (AvgIpc) is 2.66. The summed E-state index contributed by atoms with van der Waals surface area (Å²) >= 11 is 0. The standard InChI is InChI=1S/C19H15N5O3/c1-12-8-10-13(11-9-12)16-21-22(2)17-15(24(16)27)18(25)23(19(26)20-17)14-6-4-3-5-7-14/h3-11H,1-2H3. The maximum absolute atomic E-state index is 13.0. The Balaban J connectivity index is 2.08. The Bertz CT molecular complexity index is 1230. The lowest BCUT2D eigenvalue weighted by Crippen LogP contribution is -2.47. The molecule has 2 aromatic carbocycles. The highest BCUT2D eigenvalue weighted by atomic mass is 16.5. The summed E-state index contributed by atoms with van der Waals surface area (Å²) in [7, 11) is 1.54. The highest BCUT2D eigenvalue weighted by Gasteiger charge is 2.28. The molecule has 8 heteroatoms. The molecule has 2 heterocycles. The van der Waals surface area contributed by atoms with Gasteiger partial charge in [0.25, 0.3) is 0 Å². The van der Waals surface area contributed by atoms with Crippen LogP contribution in [0.2, 0.25) is 0 Å². The van der Waals surface area contributed by atoms with Crippen LogP contribution in [0.25, 0.3) is 28.6 Å². The Kier molecular flexibility index (Phi) is 3.80. The van der Waals surface area contributed by atoms with Gasteiger partial charge >= 0.3 is 17.1 Å². The molecule has 27 heavy (non-hydrogen) atoms. The van der Waals surface area contributed by atoms with Crippen molar-refractivity contribution < 1.29 is 4.73 Å². The molecule has 2 aromatic rings. The highest BCUT2D eigenvalue weighted by molar-refractivity contribution is 5.55. The van der Waals surface area contributed by atoms with Crippen molar-refractivity contribution in [1.29, 1.82) is 0 Å². The Morgan fingerprint density at radius 1 is 1.00 bits per heavy atom. The molecule has 0 radical (unpaired) electrons. The van der Waals surface area contributed by atoms with Crippen LogP contribution in [0.15, 0.2) is 64.2 Å². The minimum Gasteiger partial charge on any atom is -0.710 e. The van der Waals surface area contributed by atoms with Gasteiger partial charge in [0.1, 0.15) is 0 Å². The maximum atomic E-state index is 13.0. The summed E-state index contributed by atoms with van der Waals surface area (Å²) in [6, 6.07) is 15.6. The van der Waals surface area contributed by atoms with Crippen molar-refractivity contribution in [2.45, 2.75) is 6.92 Å². The minimum absolute atomic E-state index is 0.0576. The van der Waals surface area contributed by atoms with Crippen LogP contribution in [0, 0.1) is 12.1 Å². The van der Waals surface area contributed by atoms with Crippen LogP contribution in [0.4, 0.5) is 0 Å². The van der Waals surface area contributed by atoms with Crippen LogP contribution >= 0.6 is 0 Å². The van der Waals surface area contributed by atoms with E-state index in [9.17, 15) is 14.8 Å². The van der Waals surface area contributed by atoms with Crippen molar-refractivity contribution in [3.63, 3.8) is 0 Å². The molecule has 0 unspecified atom stereocenters. The molecule has 4 rings (SSSR count). The van der Waals surface area contributed by atoms with Gasteiger partial charge in [-0.1, -0.05) is 35.9 Å². The Morgan fingerprint density at radius 3 is 2.33 bits per heavy atom. The van der Waals surface area contributed by atoms with Gasteiger partial charge in [0.05, 0.1) is 23.4 Å². The summed E-state index contributed by atoms with van der Waals surface area (Å²) in [5, 5.41) is 17.2. The first-order valence-electron chi connectivity index (χ1n) is 8.23. The number of aryl methyl sites for hydroxylation is 2. The summed E-state index contributed by atoms with van der Waals surface area (Å²) < 4.78 is 2.60. The summed E-state index contributed by atoms with van der Waals surface area (Å²) in [4.78, 5) is 29.3. The van der Waals surface area contributed by atoms with Gasteiger partial charge in [0.15, 0.2) is 0 Å². The van der Waals surface area contributed by atoms with Crippen LogP contribution in [0.1, 0.15) is 5.56 Å². The normalized spacial score (nSPS) is 11.0. The SMILES string of the molecule is Cc1ccc(-c2nn(C)c3nc(=O)n(-c4ccccc4)c(=O)c-3[n+]2[O-])cc1. The number of benzene rings is 2. The van der Waals surface area contributed by atoms with Gasteiger partial charge in [0, 0.05) is 0 Å². The fraction of sp³-hybridized carbons (Fsp3) is 0.105. The fourth-order valence-electron chi connectivity index (χ4n) is 2.90. The van der Waals surface area contributed by atoms with Crippen molar-refractivity contribution in [3.8, 4) is 28.6 Å². The summed E-state index contributed by atoms with van der Waals surface area (Å²) in [6.07, 6.45) is 0. The fourth-order valence-corrected chi connectivity index (χ4v) is 2.90. The quantitative estimate of drug-likeness (QED) is 0.393. The molecular formula is C19H15N5O3. The molecule has 0 saturated heterocycles. The second-order valence-corrected chi connectivity index (χ2v) is 6.15. The molecule has 2 aliphatic rings. The van der Waals surface area contributed by atoms with E-state index in [0.29, 0.717) is 16.0 Å². The van der Waals surface area contributed by atoms with E-state index in [1.165, 1.54) is 4.68 Å². The first kappa shape index (κ1) is 16.6. The summed E-state index contributed by atoms with van der Waals surface area (Å²) in [5.74, 6) is -0.00907. The second-order valence-electron chi connectivity index (χ2n) is 6.15. The van der Waals surface area contributed by atoms with Crippen LogP contribution in [-0.4, -0.2) is 19.3 Å². The van der Waals surface area contributed by atoms with Crippen molar-refractivity contribution in [2.24, 2.45) is 7.05 Å². The summed E-state index contributed by atoms with van der Waals surface area (Å²) in [5.41, 5.74) is 0.192. The number of nitrogens with zero attached hydrogens (tertiary/aromatic N) is 5. The lowest BCUT2D eigenvalue weighted by Gasteiger charge is -2.15. The number of hydrogen-bond donors (Lipinski definition) is 0. The van der Waals surface area contributed by atoms with E-state index in [1.807, 2.05) is 19.1 Å². The lowest BCUT2D eigenvalue weighted by molar-refractivity contribution is -0.587. The predicted octanol–water partition coefficient (Wildman–Crippen LogP) is 1.04. The molecule has 2 aliphatic heterocycles. The minimum atomic E-state index is -0.765. The molecule has 0 aliphatic carbocycles. The largest absolute Gasteiger partial charge is 0.710 e. The van der Waals surface area contributed by atoms with Crippen molar-refractivity contribution >= 4 is 0 Å². The van der Waals surface area contributed by atoms with E-state index in [2.05, 4.69) is 10.1 Å². The first-order valence-corrected chi connectivity index (χ1v) is 8.23. The van der Waals surface area contributed by atoms with Crippen LogP contribution < -0.4 is 16.0 Å². The number of para-hydroxylation sites is 1. The van der Waals surface area contributed by atoms with E-state index >= 15 is 0 Å². The molecule has 134 valence electrons. The van der Waals surface area contributed by atoms with Gasteiger partial charge < -0.3 is 5.21 Å². The predicted molar refractivity (Wildman–Crippen MR) is 98.6 cm³/mol. The topological polar surface area (TPSA) is 96.7 Å². The van der Waals surface area contributed by atoms with E-state index in [0.717, 1.165) is 10.1 Å². The molecule has 0 amide bonds. The van der Waals surface area contributed by atoms with E-state index in [1.54, 1.807) is 49.5 Å². The Hall–Kier alpha value is -3.81. The molecule has 0 aromatic heterocycles. The lowest BCUT2D eigenvalue weighted by atomic mass is 10.1. The summed E-state index contributed by atoms with van der Waals surface area (Å²) in [6.45, 7) is 1.93. The van der Waals surface area contributed by atoms with Crippen molar-refractivity contribution in [2.75, 3.05) is 0 Å². The van der Waals surface area contributed by atoms with Gasteiger partial charge in [-0.2, -0.15) is 9.67 Å². The molecule has 0 atom stereocenters. The van der Waals surface area contributed by atoms with Gasteiger partial charge in [-0.15, -0.1) is 0 Å². The van der Waals surface area contributed by atoms with E-state index < -0.39 is 11.2 Å². The third-order valence-electron chi connectivity index (χ3n) is 4.28. The van der Waals surface area contributed by atoms with Crippen molar-refractivity contribution in [1.82, 2.24) is 19.3 Å². The molecular weight excluding hydrogens is 346 g/mol. The van der Waals surface area contributed by atoms with Gasteiger partial charge in [0.2, 0.25) is 11.5 Å². The molecule has 0 N–H and O–H groups in total. The maximum Gasteiger partial charge on any atom is 0.359 e. The third-order valence-corrected chi connectivity index (χ3v) is 4.28. The van der Waals surface area contributed by atoms with E-state index in [-0.39, 0.29) is 17.3 Å². The van der Waals surface area contributed by atoms with Crippen LogP contribution in [-0.2, 0) is 7.05 Å². The molecule has 0 saturated carbocycles. The first-order chi connectivity index (χ1) is 13.0. The zero-order valence-corrected chi connectivity index (χ0v) is 14.7. The Labute approximate surface area is 153 Å². The third kappa shape index (κ3) is 2.67. The highest BCUT2D eigenvalue weighted by Crippen LogP contribution is 2.17. The number of rotatable bonds is 2. The van der Waals surface area contributed by atoms with Gasteiger partial charge in [-0.25, -0.2) is 14.1 Å². The van der Waals surface area contributed by atoms with Crippen molar-refractivity contribution in [3.05, 3.63) is 86.2 Å². The van der Waals surface area contributed by atoms with Gasteiger partial charge in [-0.3, -0.25) is 4.79 Å². The number of fused-ring (bicyclic) bond motifs is 1. The zero-order valence-electron chi connectivity index (χ0n) is 14.7. The average molecular weight is 361 g/mol. The Morgan fingerprint density at radius 2 is 1.67 bits per heavy atom. The second kappa shape index (κ2) is 6.17. The van der Waals surface area contributed by atoms with Crippen LogP contribution in [0.3, 0.4) is 0 Å². The molecule has 0 bridgehead atoms. The van der Waals surface area contributed by atoms with Crippen LogP contribution in [0.5, 0.6) is 0 Å². The monoisotopic (exact) mass is 361 g/mol. The van der Waals surface area contributed by atoms with E-state index in [4.69, 9.17) is 0 Å².